The van der Waals surface area contributed by atoms with Gasteiger partial charge in [-0.25, -0.2) is 14.2 Å². The number of halogens is 1. The van der Waals surface area contributed by atoms with Crippen LogP contribution in [-0.4, -0.2) is 21.2 Å². The topological polar surface area (TPSA) is 56.1 Å². The van der Waals surface area contributed by atoms with Gasteiger partial charge in [0.15, 0.2) is 0 Å². The fourth-order valence-corrected chi connectivity index (χ4v) is 2.74. The second-order valence-corrected chi connectivity index (χ2v) is 7.52. The molecule has 1 aliphatic carbocycles. The fourth-order valence-electron chi connectivity index (χ4n) is 2.74. The van der Waals surface area contributed by atoms with Crippen LogP contribution < -0.4 is 5.32 Å². The standard InChI is InChI=1S/C18H24FN3O2/c1-11(20-17(23)24-18(2,3)4)16-21-14-8-7-13(19)9-15(14)22(16)10-12-5-6-12/h7-9,11-12H,5-6,10H2,1-4H3,(H,20,23)/t11-/m0/s1. The minimum atomic E-state index is -0.554. The Morgan fingerprint density at radius 1 is 1.46 bits per heavy atom. The van der Waals surface area contributed by atoms with Gasteiger partial charge < -0.3 is 14.6 Å². The van der Waals surface area contributed by atoms with Crippen molar-refractivity contribution in [3.8, 4) is 0 Å². The Kier molecular flexibility index (Phi) is 4.24. The van der Waals surface area contributed by atoms with Crippen molar-refractivity contribution in [1.29, 1.82) is 0 Å². The molecule has 130 valence electrons. The molecule has 0 bridgehead atoms. The Morgan fingerprint density at radius 2 is 2.17 bits per heavy atom. The van der Waals surface area contributed by atoms with Crippen LogP contribution in [0.15, 0.2) is 18.2 Å². The van der Waals surface area contributed by atoms with Gasteiger partial charge >= 0.3 is 6.09 Å². The van der Waals surface area contributed by atoms with Gasteiger partial charge in [-0.05, 0) is 64.7 Å². The Labute approximate surface area is 141 Å². The van der Waals surface area contributed by atoms with E-state index in [9.17, 15) is 9.18 Å². The molecule has 1 aliphatic rings. The number of imidazole rings is 1. The van der Waals surface area contributed by atoms with E-state index in [2.05, 4.69) is 10.3 Å². The highest BCUT2D eigenvalue weighted by Gasteiger charge is 2.27. The molecule has 1 fully saturated rings. The zero-order chi connectivity index (χ0) is 17.5. The van der Waals surface area contributed by atoms with Crippen LogP contribution in [0.1, 0.15) is 52.4 Å². The minimum absolute atomic E-state index is 0.279. The molecule has 0 aliphatic heterocycles. The summed E-state index contributed by atoms with van der Waals surface area (Å²) in [6, 6.07) is 4.27. The van der Waals surface area contributed by atoms with Gasteiger partial charge in [0.1, 0.15) is 17.2 Å². The summed E-state index contributed by atoms with van der Waals surface area (Å²) in [6.45, 7) is 8.13. The maximum absolute atomic E-state index is 13.6. The van der Waals surface area contributed by atoms with E-state index in [1.165, 1.54) is 25.0 Å². The lowest BCUT2D eigenvalue weighted by Gasteiger charge is -2.22. The normalized spacial score (nSPS) is 16.2. The van der Waals surface area contributed by atoms with Gasteiger partial charge in [-0.15, -0.1) is 0 Å². The molecular weight excluding hydrogens is 309 g/mol. The van der Waals surface area contributed by atoms with E-state index in [4.69, 9.17) is 4.74 Å². The second-order valence-electron chi connectivity index (χ2n) is 7.52. The lowest BCUT2D eigenvalue weighted by Crippen LogP contribution is -2.35. The van der Waals surface area contributed by atoms with Crippen LogP contribution in [0.25, 0.3) is 11.0 Å². The van der Waals surface area contributed by atoms with E-state index in [1.54, 1.807) is 6.07 Å². The van der Waals surface area contributed by atoms with Crippen molar-refractivity contribution < 1.29 is 13.9 Å². The van der Waals surface area contributed by atoms with E-state index in [0.29, 0.717) is 5.92 Å². The molecule has 1 atom stereocenters. The van der Waals surface area contributed by atoms with E-state index in [-0.39, 0.29) is 11.9 Å². The average molecular weight is 333 g/mol. The Morgan fingerprint density at radius 3 is 2.79 bits per heavy atom. The van der Waals surface area contributed by atoms with E-state index < -0.39 is 11.7 Å². The molecule has 1 aromatic carbocycles. The molecule has 3 rings (SSSR count). The van der Waals surface area contributed by atoms with Crippen LogP contribution >= 0.6 is 0 Å². The largest absolute Gasteiger partial charge is 0.444 e. The molecule has 0 saturated heterocycles. The molecule has 1 N–H and O–H groups in total. The van der Waals surface area contributed by atoms with Crippen LogP contribution in [0.2, 0.25) is 0 Å². The number of amides is 1. The first-order valence-electron chi connectivity index (χ1n) is 8.38. The molecule has 0 unspecified atom stereocenters. The predicted molar refractivity (Wildman–Crippen MR) is 90.2 cm³/mol. The molecule has 2 aromatic rings. The molecule has 1 aromatic heterocycles. The van der Waals surface area contributed by atoms with Crippen LogP contribution in [0.5, 0.6) is 0 Å². The van der Waals surface area contributed by atoms with Crippen molar-refractivity contribution in [2.24, 2.45) is 5.92 Å². The summed E-state index contributed by atoms with van der Waals surface area (Å²) in [5.41, 5.74) is 0.959. The number of aromatic nitrogens is 2. The molecule has 24 heavy (non-hydrogen) atoms. The van der Waals surface area contributed by atoms with Crippen molar-refractivity contribution in [3.63, 3.8) is 0 Å². The predicted octanol–water partition coefficient (Wildman–Crippen LogP) is 4.17. The van der Waals surface area contributed by atoms with Gasteiger partial charge in [0.25, 0.3) is 0 Å². The Balaban J connectivity index is 1.88. The number of nitrogens with zero attached hydrogens (tertiary/aromatic N) is 2. The monoisotopic (exact) mass is 333 g/mol. The van der Waals surface area contributed by atoms with Crippen LogP contribution in [0.4, 0.5) is 9.18 Å². The second kappa shape index (κ2) is 6.07. The van der Waals surface area contributed by atoms with Gasteiger partial charge in [-0.1, -0.05) is 0 Å². The third kappa shape index (κ3) is 3.86. The first-order chi connectivity index (χ1) is 11.2. The number of benzene rings is 1. The molecule has 6 heteroatoms. The molecule has 1 heterocycles. The van der Waals surface area contributed by atoms with Gasteiger partial charge in [-0.2, -0.15) is 0 Å². The fraction of sp³-hybridized carbons (Fsp3) is 0.556. The van der Waals surface area contributed by atoms with Gasteiger partial charge in [0.05, 0.1) is 17.1 Å². The number of carbonyl (C=O) groups excluding carboxylic acids is 1. The summed E-state index contributed by atoms with van der Waals surface area (Å²) in [4.78, 5) is 16.6. The highest BCUT2D eigenvalue weighted by atomic mass is 19.1. The van der Waals surface area contributed by atoms with Crippen molar-refractivity contribution >= 4 is 17.1 Å². The lowest BCUT2D eigenvalue weighted by atomic mass is 10.2. The van der Waals surface area contributed by atoms with E-state index in [1.807, 2.05) is 32.3 Å². The Bertz CT molecular complexity index is 759. The van der Waals surface area contributed by atoms with Gasteiger partial charge in [0, 0.05) is 6.54 Å². The van der Waals surface area contributed by atoms with E-state index >= 15 is 0 Å². The van der Waals surface area contributed by atoms with E-state index in [0.717, 1.165) is 23.4 Å². The summed E-state index contributed by atoms with van der Waals surface area (Å²) < 4.78 is 21.0. The van der Waals surface area contributed by atoms with Gasteiger partial charge in [-0.3, -0.25) is 0 Å². The highest BCUT2D eigenvalue weighted by molar-refractivity contribution is 5.76. The number of fused-ring (bicyclic) bond motifs is 1. The summed E-state index contributed by atoms with van der Waals surface area (Å²) in [5.74, 6) is 1.06. The maximum Gasteiger partial charge on any atom is 0.408 e. The first-order valence-corrected chi connectivity index (χ1v) is 8.38. The molecule has 0 spiro atoms. The summed E-state index contributed by atoms with van der Waals surface area (Å²) >= 11 is 0. The molecule has 1 saturated carbocycles. The van der Waals surface area contributed by atoms with Crippen LogP contribution in [0.3, 0.4) is 0 Å². The number of ether oxygens (including phenoxy) is 1. The SMILES string of the molecule is C[C@H](NC(=O)OC(C)(C)C)c1nc2ccc(F)cc2n1CC1CC1. The van der Waals surface area contributed by atoms with Gasteiger partial charge in [0.2, 0.25) is 0 Å². The molecule has 0 radical (unpaired) electrons. The number of carbonyl (C=O) groups is 1. The number of nitrogens with one attached hydrogen (secondary N) is 1. The highest BCUT2D eigenvalue weighted by Crippen LogP contribution is 2.33. The summed E-state index contributed by atoms with van der Waals surface area (Å²) in [5, 5.41) is 2.82. The number of alkyl carbamates (subject to hydrolysis) is 1. The smallest absolute Gasteiger partial charge is 0.408 e. The molecule has 1 amide bonds. The maximum atomic E-state index is 13.6. The first kappa shape index (κ1) is 16.7. The molecular formula is C18H24FN3O2. The van der Waals surface area contributed by atoms with Crippen molar-refractivity contribution in [2.45, 2.75) is 58.7 Å². The number of hydrogen-bond donors (Lipinski definition) is 1. The van der Waals surface area contributed by atoms with Crippen molar-refractivity contribution in [1.82, 2.24) is 14.9 Å². The third-order valence-corrected chi connectivity index (χ3v) is 4.00. The zero-order valence-electron chi connectivity index (χ0n) is 14.6. The Hall–Kier alpha value is -2.11. The average Bonchev–Trinajstić information content (AvgIpc) is 3.18. The number of rotatable bonds is 4. The molecule has 5 nitrogen and oxygen atoms in total. The summed E-state index contributed by atoms with van der Waals surface area (Å²) in [7, 11) is 0. The van der Waals surface area contributed by atoms with Crippen molar-refractivity contribution in [3.05, 3.63) is 29.8 Å². The third-order valence-electron chi connectivity index (χ3n) is 4.00. The number of hydrogen-bond acceptors (Lipinski definition) is 3. The van der Waals surface area contributed by atoms with Crippen LogP contribution in [-0.2, 0) is 11.3 Å². The van der Waals surface area contributed by atoms with Crippen LogP contribution in [0, 0.1) is 11.7 Å². The quantitative estimate of drug-likeness (QED) is 0.913. The lowest BCUT2D eigenvalue weighted by molar-refractivity contribution is 0.0505. The summed E-state index contributed by atoms with van der Waals surface area (Å²) in [6.07, 6.45) is 1.89. The van der Waals surface area contributed by atoms with Crippen molar-refractivity contribution in [2.75, 3.05) is 0 Å². The minimum Gasteiger partial charge on any atom is -0.444 e. The zero-order valence-corrected chi connectivity index (χ0v) is 14.6.